The van der Waals surface area contributed by atoms with E-state index >= 15 is 0 Å². The first kappa shape index (κ1) is 14.5. The standard InChI is InChI=1S/C12H20N2O4S/c1-7-10(6-13)12(9(3)18-7)19(15,16)14-11-4-5-17-8(11)2/h8,11,14H,4-6,13H2,1-3H3. The van der Waals surface area contributed by atoms with Crippen molar-refractivity contribution in [2.24, 2.45) is 5.73 Å². The Balaban J connectivity index is 2.34. The molecule has 2 atom stereocenters. The lowest BCUT2D eigenvalue weighted by Crippen LogP contribution is -2.39. The number of ether oxygens (including phenoxy) is 1. The summed E-state index contributed by atoms with van der Waals surface area (Å²) in [5.41, 5.74) is 6.16. The van der Waals surface area contributed by atoms with E-state index in [4.69, 9.17) is 14.9 Å². The highest BCUT2D eigenvalue weighted by molar-refractivity contribution is 7.89. The molecular formula is C12H20N2O4S. The quantitative estimate of drug-likeness (QED) is 0.855. The zero-order valence-corrected chi connectivity index (χ0v) is 12.2. The number of aryl methyl sites for hydroxylation is 2. The molecule has 0 radical (unpaired) electrons. The van der Waals surface area contributed by atoms with Crippen LogP contribution in [-0.4, -0.2) is 27.2 Å². The van der Waals surface area contributed by atoms with Gasteiger partial charge >= 0.3 is 0 Å². The molecule has 0 spiro atoms. The molecule has 1 aromatic rings. The summed E-state index contributed by atoms with van der Waals surface area (Å²) in [5.74, 6) is 0.924. The van der Waals surface area contributed by atoms with Crippen molar-refractivity contribution in [2.75, 3.05) is 6.61 Å². The molecule has 19 heavy (non-hydrogen) atoms. The van der Waals surface area contributed by atoms with Crippen molar-refractivity contribution in [3.63, 3.8) is 0 Å². The van der Waals surface area contributed by atoms with Crippen LogP contribution in [0.15, 0.2) is 9.31 Å². The van der Waals surface area contributed by atoms with Gasteiger partial charge in [-0.1, -0.05) is 0 Å². The Kier molecular flexibility index (Phi) is 4.00. The van der Waals surface area contributed by atoms with Gasteiger partial charge < -0.3 is 14.9 Å². The molecule has 1 fully saturated rings. The molecule has 1 aliphatic heterocycles. The molecule has 0 saturated carbocycles. The van der Waals surface area contributed by atoms with Crippen LogP contribution in [0.2, 0.25) is 0 Å². The lowest BCUT2D eigenvalue weighted by molar-refractivity contribution is 0.117. The van der Waals surface area contributed by atoms with Gasteiger partial charge in [-0.05, 0) is 27.2 Å². The monoisotopic (exact) mass is 288 g/mol. The van der Waals surface area contributed by atoms with Crippen LogP contribution in [0.3, 0.4) is 0 Å². The fourth-order valence-electron chi connectivity index (χ4n) is 2.44. The second kappa shape index (κ2) is 5.24. The van der Waals surface area contributed by atoms with E-state index in [-0.39, 0.29) is 23.6 Å². The molecule has 2 unspecified atom stereocenters. The number of furan rings is 1. The number of sulfonamides is 1. The molecule has 0 bridgehead atoms. The molecule has 108 valence electrons. The maximum absolute atomic E-state index is 12.5. The number of rotatable bonds is 4. The summed E-state index contributed by atoms with van der Waals surface area (Å²) >= 11 is 0. The van der Waals surface area contributed by atoms with Gasteiger partial charge in [-0.25, -0.2) is 13.1 Å². The third kappa shape index (κ3) is 2.69. The molecule has 6 nitrogen and oxygen atoms in total. The van der Waals surface area contributed by atoms with Crippen molar-refractivity contribution in [1.82, 2.24) is 4.72 Å². The van der Waals surface area contributed by atoms with E-state index in [1.165, 1.54) is 0 Å². The minimum atomic E-state index is -3.63. The zero-order chi connectivity index (χ0) is 14.2. The second-order valence-corrected chi connectivity index (χ2v) is 6.47. The number of hydrogen-bond acceptors (Lipinski definition) is 5. The van der Waals surface area contributed by atoms with Crippen LogP contribution < -0.4 is 10.5 Å². The van der Waals surface area contributed by atoms with Gasteiger partial charge in [0.25, 0.3) is 0 Å². The predicted molar refractivity (Wildman–Crippen MR) is 70.2 cm³/mol. The van der Waals surface area contributed by atoms with Crippen LogP contribution in [0, 0.1) is 13.8 Å². The molecule has 2 rings (SSSR count). The SMILES string of the molecule is Cc1oc(C)c(S(=O)(=O)NC2CCOC2C)c1CN. The zero-order valence-electron chi connectivity index (χ0n) is 11.4. The van der Waals surface area contributed by atoms with Gasteiger partial charge in [-0.3, -0.25) is 0 Å². The minimum absolute atomic E-state index is 0.121. The van der Waals surface area contributed by atoms with Crippen molar-refractivity contribution in [3.05, 3.63) is 17.1 Å². The van der Waals surface area contributed by atoms with Crippen molar-refractivity contribution in [3.8, 4) is 0 Å². The minimum Gasteiger partial charge on any atom is -0.465 e. The van der Waals surface area contributed by atoms with Gasteiger partial charge in [-0.15, -0.1) is 0 Å². The lowest BCUT2D eigenvalue weighted by Gasteiger charge is -2.16. The molecular weight excluding hydrogens is 268 g/mol. The van der Waals surface area contributed by atoms with E-state index < -0.39 is 10.0 Å². The number of nitrogens with two attached hydrogens (primary N) is 1. The van der Waals surface area contributed by atoms with Crippen molar-refractivity contribution in [1.29, 1.82) is 0 Å². The van der Waals surface area contributed by atoms with E-state index in [1.807, 2.05) is 6.92 Å². The van der Waals surface area contributed by atoms with Gasteiger partial charge in [0.2, 0.25) is 10.0 Å². The van der Waals surface area contributed by atoms with E-state index in [9.17, 15) is 8.42 Å². The molecule has 3 N–H and O–H groups in total. The Morgan fingerprint density at radius 3 is 2.58 bits per heavy atom. The average Bonchev–Trinajstić information content (AvgIpc) is 2.82. The largest absolute Gasteiger partial charge is 0.465 e. The van der Waals surface area contributed by atoms with E-state index in [1.54, 1.807) is 13.8 Å². The molecule has 1 aliphatic rings. The Morgan fingerprint density at radius 2 is 2.05 bits per heavy atom. The van der Waals surface area contributed by atoms with Gasteiger partial charge in [0.05, 0.1) is 12.1 Å². The normalized spacial score (nSPS) is 24.0. The van der Waals surface area contributed by atoms with Crippen molar-refractivity contribution >= 4 is 10.0 Å². The van der Waals surface area contributed by atoms with Gasteiger partial charge in [0.1, 0.15) is 16.4 Å². The van der Waals surface area contributed by atoms with Crippen LogP contribution >= 0.6 is 0 Å². The van der Waals surface area contributed by atoms with E-state index in [0.29, 0.717) is 30.1 Å². The molecule has 0 amide bonds. The number of nitrogens with one attached hydrogen (secondary N) is 1. The molecule has 2 heterocycles. The Bertz CT molecular complexity index is 565. The van der Waals surface area contributed by atoms with Crippen molar-refractivity contribution < 1.29 is 17.6 Å². The third-order valence-electron chi connectivity index (χ3n) is 3.48. The highest BCUT2D eigenvalue weighted by atomic mass is 32.2. The summed E-state index contributed by atoms with van der Waals surface area (Å²) in [6, 6.07) is -0.203. The van der Waals surface area contributed by atoms with Crippen LogP contribution in [-0.2, 0) is 21.3 Å². The first-order valence-corrected chi connectivity index (χ1v) is 7.78. The second-order valence-electron chi connectivity index (χ2n) is 4.82. The first-order chi connectivity index (χ1) is 8.86. The third-order valence-corrected chi connectivity index (χ3v) is 5.16. The van der Waals surface area contributed by atoms with E-state index in [2.05, 4.69) is 4.72 Å². The number of hydrogen-bond donors (Lipinski definition) is 2. The highest BCUT2D eigenvalue weighted by Crippen LogP contribution is 2.27. The smallest absolute Gasteiger partial charge is 0.244 e. The first-order valence-electron chi connectivity index (χ1n) is 6.29. The van der Waals surface area contributed by atoms with Gasteiger partial charge in [0, 0.05) is 18.7 Å². The maximum Gasteiger partial charge on any atom is 0.244 e. The topological polar surface area (TPSA) is 94.6 Å². The Hall–Kier alpha value is -0.890. The summed E-state index contributed by atoms with van der Waals surface area (Å²) in [7, 11) is -3.63. The lowest BCUT2D eigenvalue weighted by atomic mass is 10.2. The van der Waals surface area contributed by atoms with E-state index in [0.717, 1.165) is 0 Å². The molecule has 0 aliphatic carbocycles. The molecule has 1 saturated heterocycles. The highest BCUT2D eigenvalue weighted by Gasteiger charge is 2.32. The fourth-order valence-corrected chi connectivity index (χ4v) is 4.24. The van der Waals surface area contributed by atoms with Crippen LogP contribution in [0.1, 0.15) is 30.4 Å². The van der Waals surface area contributed by atoms with Gasteiger partial charge in [-0.2, -0.15) is 0 Å². The summed E-state index contributed by atoms with van der Waals surface area (Å²) in [4.78, 5) is 0.173. The fraction of sp³-hybridized carbons (Fsp3) is 0.667. The maximum atomic E-state index is 12.5. The average molecular weight is 288 g/mol. The van der Waals surface area contributed by atoms with Gasteiger partial charge in [0.15, 0.2) is 0 Å². The predicted octanol–water partition coefficient (Wildman–Crippen LogP) is 0.811. The summed E-state index contributed by atoms with van der Waals surface area (Å²) in [5, 5.41) is 0. The molecule has 7 heteroatoms. The summed E-state index contributed by atoms with van der Waals surface area (Å²) in [6.45, 7) is 5.92. The summed E-state index contributed by atoms with van der Waals surface area (Å²) < 4.78 is 38.4. The Labute approximate surface area is 113 Å². The Morgan fingerprint density at radius 1 is 1.37 bits per heavy atom. The van der Waals surface area contributed by atoms with Crippen LogP contribution in [0.4, 0.5) is 0 Å². The van der Waals surface area contributed by atoms with Crippen LogP contribution in [0.5, 0.6) is 0 Å². The molecule has 1 aromatic heterocycles. The summed E-state index contributed by atoms with van der Waals surface area (Å²) in [6.07, 6.45) is 0.554. The van der Waals surface area contributed by atoms with Crippen molar-refractivity contribution in [2.45, 2.75) is 50.8 Å². The molecule has 0 aromatic carbocycles. The van der Waals surface area contributed by atoms with Crippen LogP contribution in [0.25, 0.3) is 0 Å².